The van der Waals surface area contributed by atoms with Gasteiger partial charge in [-0.25, -0.2) is 4.99 Å². The molecule has 0 unspecified atom stereocenters. The van der Waals surface area contributed by atoms with Gasteiger partial charge in [0.1, 0.15) is 5.54 Å². The third kappa shape index (κ3) is 5.84. The van der Waals surface area contributed by atoms with Crippen LogP contribution in [0.3, 0.4) is 0 Å². The predicted octanol–water partition coefficient (Wildman–Crippen LogP) is 4.57. The summed E-state index contributed by atoms with van der Waals surface area (Å²) in [7, 11) is 1.70. The Bertz CT molecular complexity index is 1000. The molecule has 1 heterocycles. The Balaban J connectivity index is 1.87. The zero-order chi connectivity index (χ0) is 24.4. The summed E-state index contributed by atoms with van der Waals surface area (Å²) in [4.78, 5) is 17.7. The number of carbonyl (C=O) groups is 1. The normalized spacial score (nSPS) is 18.9. The number of alkyl halides is 6. The lowest BCUT2D eigenvalue weighted by Crippen LogP contribution is -2.40. The van der Waals surface area contributed by atoms with Crippen LogP contribution >= 0.6 is 0 Å². The first-order chi connectivity index (χ1) is 15.3. The van der Waals surface area contributed by atoms with Crippen LogP contribution in [0.2, 0.25) is 0 Å². The monoisotopic (exact) mass is 473 g/mol. The van der Waals surface area contributed by atoms with Gasteiger partial charge in [0.2, 0.25) is 11.9 Å². The maximum absolute atomic E-state index is 13.1. The fraction of sp³-hybridized carbons (Fsp3) is 0.364. The molecule has 3 rings (SSSR count). The minimum absolute atomic E-state index is 0.0743. The number of benzene rings is 2. The van der Waals surface area contributed by atoms with E-state index in [1.807, 2.05) is 0 Å². The zero-order valence-corrected chi connectivity index (χ0v) is 17.7. The van der Waals surface area contributed by atoms with E-state index in [1.165, 1.54) is 6.92 Å². The Morgan fingerprint density at radius 3 is 2.15 bits per heavy atom. The third-order valence-corrected chi connectivity index (χ3v) is 5.04. The topological polar surface area (TPSA) is 53.9 Å². The van der Waals surface area contributed by atoms with Crippen LogP contribution in [0.1, 0.15) is 29.2 Å². The molecule has 1 aliphatic rings. The van der Waals surface area contributed by atoms with Gasteiger partial charge in [0.25, 0.3) is 0 Å². The van der Waals surface area contributed by atoms with Crippen molar-refractivity contribution in [2.24, 2.45) is 4.99 Å². The number of amides is 1. The Hall–Kier alpha value is -3.08. The average Bonchev–Trinajstić information content (AvgIpc) is 3.03. The Morgan fingerprint density at radius 1 is 1.06 bits per heavy atom. The summed E-state index contributed by atoms with van der Waals surface area (Å²) in [5, 5.41) is 2.60. The largest absolute Gasteiger partial charge is 0.416 e. The van der Waals surface area contributed by atoms with Crippen LogP contribution in [-0.2, 0) is 34.0 Å². The Labute approximate surface area is 186 Å². The second-order valence-corrected chi connectivity index (χ2v) is 7.78. The van der Waals surface area contributed by atoms with Crippen LogP contribution in [0, 0.1) is 0 Å². The first-order valence-electron chi connectivity index (χ1n) is 9.80. The Kier molecular flexibility index (Phi) is 6.73. The van der Waals surface area contributed by atoms with E-state index < -0.39 is 35.6 Å². The molecule has 1 aliphatic heterocycles. The van der Waals surface area contributed by atoms with Gasteiger partial charge in [-0.2, -0.15) is 26.3 Å². The van der Waals surface area contributed by atoms with Crippen LogP contribution < -0.4 is 5.32 Å². The quantitative estimate of drug-likeness (QED) is 0.648. The number of hydrogen-bond donors (Lipinski definition) is 1. The van der Waals surface area contributed by atoms with Gasteiger partial charge < -0.3 is 9.64 Å². The molecule has 178 valence electrons. The number of nitrogens with zero attached hydrogens (tertiary/aromatic N) is 2. The fourth-order valence-corrected chi connectivity index (χ4v) is 3.58. The van der Waals surface area contributed by atoms with Gasteiger partial charge in [-0.3, -0.25) is 10.1 Å². The minimum atomic E-state index is -4.94. The molecule has 0 saturated heterocycles. The standard InChI is InChI=1S/C22H21F6N3O2/c1-14(32)29-19-30-20(12-31(19)2,16-6-4-3-5-7-16)13-33-11-15-8-17(21(23,24)25)10-18(9-15)22(26,27)28/h3-10H,11-13H2,1-2H3,(H,29,30,32)/t20-/m1/s1. The zero-order valence-electron chi connectivity index (χ0n) is 17.7. The van der Waals surface area contributed by atoms with Crippen LogP contribution in [0.15, 0.2) is 53.5 Å². The van der Waals surface area contributed by atoms with Crippen LogP contribution in [0.5, 0.6) is 0 Å². The summed E-state index contributed by atoms with van der Waals surface area (Å²) in [6.07, 6.45) is -9.88. The van der Waals surface area contributed by atoms with E-state index in [1.54, 1.807) is 42.3 Å². The number of rotatable bonds is 5. The molecule has 0 radical (unpaired) electrons. The molecular weight excluding hydrogens is 452 g/mol. The molecule has 0 aliphatic carbocycles. The van der Waals surface area contributed by atoms with Gasteiger partial charge in [0.15, 0.2) is 0 Å². The smallest absolute Gasteiger partial charge is 0.374 e. The van der Waals surface area contributed by atoms with Crippen molar-refractivity contribution in [3.05, 3.63) is 70.8 Å². The first-order valence-corrected chi connectivity index (χ1v) is 9.80. The number of likely N-dealkylation sites (N-methyl/N-ethyl adjacent to an activating group) is 1. The fourth-order valence-electron chi connectivity index (χ4n) is 3.58. The highest BCUT2D eigenvalue weighted by Gasteiger charge is 2.41. The van der Waals surface area contributed by atoms with Crippen molar-refractivity contribution in [1.82, 2.24) is 10.2 Å². The number of aliphatic imine (C=N–C) groups is 1. The van der Waals surface area contributed by atoms with E-state index in [4.69, 9.17) is 4.74 Å². The van der Waals surface area contributed by atoms with E-state index >= 15 is 0 Å². The summed E-state index contributed by atoms with van der Waals surface area (Å²) in [6.45, 7) is 0.975. The van der Waals surface area contributed by atoms with Gasteiger partial charge in [-0.05, 0) is 29.3 Å². The van der Waals surface area contributed by atoms with Gasteiger partial charge in [0.05, 0.1) is 30.9 Å². The SMILES string of the molecule is CC(=O)NC1=N[C@](COCc2cc(C(F)(F)F)cc(C(F)(F)F)c2)(c2ccccc2)CN1C. The number of nitrogens with one attached hydrogen (secondary N) is 1. The molecule has 33 heavy (non-hydrogen) atoms. The maximum Gasteiger partial charge on any atom is 0.416 e. The van der Waals surface area contributed by atoms with Gasteiger partial charge in [-0.1, -0.05) is 30.3 Å². The van der Waals surface area contributed by atoms with E-state index in [-0.39, 0.29) is 36.6 Å². The lowest BCUT2D eigenvalue weighted by Gasteiger charge is -2.27. The van der Waals surface area contributed by atoms with Crippen LogP contribution in [0.4, 0.5) is 26.3 Å². The van der Waals surface area contributed by atoms with Crippen molar-refractivity contribution in [3.8, 4) is 0 Å². The molecule has 0 aromatic heterocycles. The predicted molar refractivity (Wildman–Crippen MR) is 108 cm³/mol. The second-order valence-electron chi connectivity index (χ2n) is 7.78. The summed E-state index contributed by atoms with van der Waals surface area (Å²) < 4.78 is 84.3. The maximum atomic E-state index is 13.1. The highest BCUT2D eigenvalue weighted by molar-refractivity contribution is 5.97. The summed E-state index contributed by atoms with van der Waals surface area (Å²) in [5.41, 5.74) is -3.36. The van der Waals surface area contributed by atoms with Crippen molar-refractivity contribution >= 4 is 11.9 Å². The van der Waals surface area contributed by atoms with Gasteiger partial charge in [-0.15, -0.1) is 0 Å². The van der Waals surface area contributed by atoms with Gasteiger partial charge in [0, 0.05) is 14.0 Å². The summed E-state index contributed by atoms with van der Waals surface area (Å²) in [6, 6.07) is 10.2. The highest BCUT2D eigenvalue weighted by Crippen LogP contribution is 2.37. The lowest BCUT2D eigenvalue weighted by molar-refractivity contribution is -0.143. The number of halogens is 6. The molecule has 1 atom stereocenters. The van der Waals surface area contributed by atoms with Crippen LogP contribution in [0.25, 0.3) is 0 Å². The molecule has 0 saturated carbocycles. The van der Waals surface area contributed by atoms with E-state index in [2.05, 4.69) is 10.3 Å². The number of hydrogen-bond acceptors (Lipinski definition) is 4. The van der Waals surface area contributed by atoms with E-state index in [0.29, 0.717) is 12.1 Å². The third-order valence-electron chi connectivity index (χ3n) is 5.04. The number of guanidine groups is 1. The molecule has 1 N–H and O–H groups in total. The molecular formula is C22H21F6N3O2. The van der Waals surface area contributed by atoms with E-state index in [0.717, 1.165) is 5.56 Å². The molecule has 0 fully saturated rings. The number of ether oxygens (including phenoxy) is 1. The van der Waals surface area contributed by atoms with Gasteiger partial charge >= 0.3 is 12.4 Å². The average molecular weight is 473 g/mol. The molecule has 0 bridgehead atoms. The molecule has 2 aromatic rings. The van der Waals surface area contributed by atoms with Crippen molar-refractivity contribution in [3.63, 3.8) is 0 Å². The minimum Gasteiger partial charge on any atom is -0.374 e. The molecule has 11 heteroatoms. The molecule has 5 nitrogen and oxygen atoms in total. The van der Waals surface area contributed by atoms with Crippen molar-refractivity contribution in [2.75, 3.05) is 20.2 Å². The molecule has 0 spiro atoms. The highest BCUT2D eigenvalue weighted by atomic mass is 19.4. The Morgan fingerprint density at radius 2 is 1.64 bits per heavy atom. The number of carbonyl (C=O) groups excluding carboxylic acids is 1. The molecule has 2 aromatic carbocycles. The van der Waals surface area contributed by atoms with E-state index in [9.17, 15) is 31.1 Å². The lowest BCUT2D eigenvalue weighted by atomic mass is 9.92. The van der Waals surface area contributed by atoms with Crippen LogP contribution in [-0.4, -0.2) is 37.0 Å². The van der Waals surface area contributed by atoms with Crippen molar-refractivity contribution in [1.29, 1.82) is 0 Å². The summed E-state index contributed by atoms with van der Waals surface area (Å²) in [5.74, 6) is -0.0533. The first kappa shape index (κ1) is 24.6. The second kappa shape index (κ2) is 9.05. The van der Waals surface area contributed by atoms with Crippen molar-refractivity contribution < 1.29 is 35.9 Å². The molecule has 1 amide bonds. The summed E-state index contributed by atoms with van der Waals surface area (Å²) >= 11 is 0. The van der Waals surface area contributed by atoms with Crippen molar-refractivity contribution in [2.45, 2.75) is 31.4 Å².